The summed E-state index contributed by atoms with van der Waals surface area (Å²) in [5.74, 6) is 0.433. The maximum atomic E-state index is 12.1. The second kappa shape index (κ2) is 5.49. The Morgan fingerprint density at radius 1 is 0.950 bits per heavy atom. The molecule has 2 rings (SSSR count). The van der Waals surface area contributed by atoms with Crippen molar-refractivity contribution in [1.82, 2.24) is 0 Å². The molecular weight excluding hydrogens is 248 g/mol. The van der Waals surface area contributed by atoms with E-state index in [1.807, 2.05) is 76.2 Å². The Labute approximate surface area is 120 Å². The van der Waals surface area contributed by atoms with E-state index in [9.17, 15) is 4.79 Å². The molecule has 0 saturated carbocycles. The van der Waals surface area contributed by atoms with E-state index in [1.54, 1.807) is 0 Å². The molecule has 0 aliphatic rings. The lowest BCUT2D eigenvalue weighted by atomic mass is 9.97. The lowest BCUT2D eigenvalue weighted by Gasteiger charge is -2.19. The Bertz CT molecular complexity index is 607. The molecule has 0 radical (unpaired) electrons. The van der Waals surface area contributed by atoms with E-state index in [1.165, 1.54) is 0 Å². The van der Waals surface area contributed by atoms with Crippen LogP contribution in [0.3, 0.4) is 0 Å². The summed E-state index contributed by atoms with van der Waals surface area (Å²) < 4.78 is 5.66. The lowest BCUT2D eigenvalue weighted by molar-refractivity contribution is -0.143. The second-order valence-corrected chi connectivity index (χ2v) is 5.96. The standard InChI is InChI=1S/C18H20O2/c1-13-9-8-12-15(14-10-6-5-7-11-14)16(13)20-17(19)18(2,3)4/h5-12H,1-4H3. The number of benzene rings is 2. The molecule has 2 aromatic rings. The molecule has 20 heavy (non-hydrogen) atoms. The van der Waals surface area contributed by atoms with Crippen molar-refractivity contribution < 1.29 is 9.53 Å². The van der Waals surface area contributed by atoms with Crippen LogP contribution in [-0.2, 0) is 4.79 Å². The summed E-state index contributed by atoms with van der Waals surface area (Å²) in [6.45, 7) is 7.53. The minimum absolute atomic E-state index is 0.219. The van der Waals surface area contributed by atoms with Crippen molar-refractivity contribution in [3.63, 3.8) is 0 Å². The number of carbonyl (C=O) groups is 1. The van der Waals surface area contributed by atoms with E-state index in [-0.39, 0.29) is 5.97 Å². The Balaban J connectivity index is 2.45. The third-order valence-corrected chi connectivity index (χ3v) is 3.10. The van der Waals surface area contributed by atoms with Gasteiger partial charge in [0.15, 0.2) is 0 Å². The molecule has 0 spiro atoms. The summed E-state index contributed by atoms with van der Waals surface area (Å²) in [6.07, 6.45) is 0. The van der Waals surface area contributed by atoms with Gasteiger partial charge in [-0.2, -0.15) is 0 Å². The van der Waals surface area contributed by atoms with Crippen molar-refractivity contribution in [1.29, 1.82) is 0 Å². The molecule has 0 aliphatic carbocycles. The van der Waals surface area contributed by atoms with Gasteiger partial charge in [0.2, 0.25) is 0 Å². The van der Waals surface area contributed by atoms with Crippen LogP contribution in [-0.4, -0.2) is 5.97 Å². The quantitative estimate of drug-likeness (QED) is 0.587. The summed E-state index contributed by atoms with van der Waals surface area (Å²) in [5, 5.41) is 0. The molecule has 0 saturated heterocycles. The number of rotatable bonds is 2. The molecule has 0 atom stereocenters. The number of para-hydroxylation sites is 1. The van der Waals surface area contributed by atoms with Gasteiger partial charge in [-0.05, 0) is 38.8 Å². The van der Waals surface area contributed by atoms with Gasteiger partial charge in [-0.3, -0.25) is 4.79 Å². The average molecular weight is 268 g/mol. The van der Waals surface area contributed by atoms with Crippen LogP contribution in [0, 0.1) is 12.3 Å². The van der Waals surface area contributed by atoms with Crippen LogP contribution >= 0.6 is 0 Å². The molecule has 2 nitrogen and oxygen atoms in total. The summed E-state index contributed by atoms with van der Waals surface area (Å²) in [7, 11) is 0. The lowest BCUT2D eigenvalue weighted by Crippen LogP contribution is -2.26. The normalized spacial score (nSPS) is 11.2. The zero-order valence-electron chi connectivity index (χ0n) is 12.4. The smallest absolute Gasteiger partial charge is 0.316 e. The SMILES string of the molecule is Cc1cccc(-c2ccccc2)c1OC(=O)C(C)(C)C. The zero-order valence-corrected chi connectivity index (χ0v) is 12.4. The van der Waals surface area contributed by atoms with Crippen LogP contribution in [0.4, 0.5) is 0 Å². The van der Waals surface area contributed by atoms with Crippen LogP contribution in [0.15, 0.2) is 48.5 Å². The van der Waals surface area contributed by atoms with Crippen LogP contribution in [0.25, 0.3) is 11.1 Å². The van der Waals surface area contributed by atoms with Crippen molar-refractivity contribution in [2.24, 2.45) is 5.41 Å². The van der Waals surface area contributed by atoms with E-state index in [0.717, 1.165) is 16.7 Å². The fraction of sp³-hybridized carbons (Fsp3) is 0.278. The van der Waals surface area contributed by atoms with Crippen molar-refractivity contribution in [3.05, 3.63) is 54.1 Å². The molecule has 0 fully saturated rings. The first-order valence-electron chi connectivity index (χ1n) is 6.77. The van der Waals surface area contributed by atoms with Crippen LogP contribution in [0.1, 0.15) is 26.3 Å². The zero-order chi connectivity index (χ0) is 14.8. The van der Waals surface area contributed by atoms with Crippen LogP contribution in [0.5, 0.6) is 5.75 Å². The number of carbonyl (C=O) groups excluding carboxylic acids is 1. The summed E-state index contributed by atoms with van der Waals surface area (Å²) >= 11 is 0. The van der Waals surface area contributed by atoms with Gasteiger partial charge in [-0.1, -0.05) is 48.5 Å². The number of hydrogen-bond donors (Lipinski definition) is 0. The van der Waals surface area contributed by atoms with Crippen molar-refractivity contribution >= 4 is 5.97 Å². The van der Waals surface area contributed by atoms with E-state index < -0.39 is 5.41 Å². The third-order valence-electron chi connectivity index (χ3n) is 3.10. The van der Waals surface area contributed by atoms with Gasteiger partial charge < -0.3 is 4.74 Å². The predicted molar refractivity (Wildman–Crippen MR) is 81.7 cm³/mol. The van der Waals surface area contributed by atoms with Gasteiger partial charge in [-0.15, -0.1) is 0 Å². The van der Waals surface area contributed by atoms with E-state index in [2.05, 4.69) is 0 Å². The largest absolute Gasteiger partial charge is 0.425 e. The predicted octanol–water partition coefficient (Wildman–Crippen LogP) is 4.61. The number of aryl methyl sites for hydroxylation is 1. The first-order chi connectivity index (χ1) is 9.39. The highest BCUT2D eigenvalue weighted by Crippen LogP contribution is 2.34. The monoisotopic (exact) mass is 268 g/mol. The van der Waals surface area contributed by atoms with E-state index >= 15 is 0 Å². The van der Waals surface area contributed by atoms with Gasteiger partial charge in [0, 0.05) is 5.56 Å². The van der Waals surface area contributed by atoms with Gasteiger partial charge in [0.05, 0.1) is 5.41 Å². The minimum atomic E-state index is -0.518. The Kier molecular flexibility index (Phi) is 3.93. The molecule has 0 unspecified atom stereocenters. The second-order valence-electron chi connectivity index (χ2n) is 5.96. The Morgan fingerprint density at radius 3 is 2.20 bits per heavy atom. The summed E-state index contributed by atoms with van der Waals surface area (Å²) in [6, 6.07) is 15.9. The third kappa shape index (κ3) is 3.08. The fourth-order valence-corrected chi connectivity index (χ4v) is 1.88. The van der Waals surface area contributed by atoms with Gasteiger partial charge >= 0.3 is 5.97 Å². The molecule has 0 bridgehead atoms. The maximum Gasteiger partial charge on any atom is 0.316 e. The van der Waals surface area contributed by atoms with Crippen LogP contribution < -0.4 is 4.74 Å². The van der Waals surface area contributed by atoms with Gasteiger partial charge in [-0.25, -0.2) is 0 Å². The van der Waals surface area contributed by atoms with Gasteiger partial charge in [0.1, 0.15) is 5.75 Å². The minimum Gasteiger partial charge on any atom is -0.425 e. The summed E-state index contributed by atoms with van der Waals surface area (Å²) in [4.78, 5) is 12.1. The molecule has 0 aliphatic heterocycles. The topological polar surface area (TPSA) is 26.3 Å². The molecule has 0 aromatic heterocycles. The summed E-state index contributed by atoms with van der Waals surface area (Å²) in [5.41, 5.74) is 2.44. The molecule has 2 heteroatoms. The highest BCUT2D eigenvalue weighted by atomic mass is 16.5. The number of ether oxygens (including phenoxy) is 1. The maximum absolute atomic E-state index is 12.1. The first kappa shape index (κ1) is 14.3. The average Bonchev–Trinajstić information content (AvgIpc) is 2.41. The van der Waals surface area contributed by atoms with Gasteiger partial charge in [0.25, 0.3) is 0 Å². The molecule has 0 N–H and O–H groups in total. The van der Waals surface area contributed by atoms with Crippen molar-refractivity contribution in [2.75, 3.05) is 0 Å². The highest BCUT2D eigenvalue weighted by molar-refractivity contribution is 5.82. The molecule has 2 aromatic carbocycles. The van der Waals surface area contributed by atoms with Crippen molar-refractivity contribution in [3.8, 4) is 16.9 Å². The van der Waals surface area contributed by atoms with E-state index in [0.29, 0.717) is 5.75 Å². The van der Waals surface area contributed by atoms with Crippen molar-refractivity contribution in [2.45, 2.75) is 27.7 Å². The Hall–Kier alpha value is -2.09. The van der Waals surface area contributed by atoms with E-state index in [4.69, 9.17) is 4.74 Å². The highest BCUT2D eigenvalue weighted by Gasteiger charge is 2.25. The number of hydrogen-bond acceptors (Lipinski definition) is 2. The molecule has 0 amide bonds. The first-order valence-corrected chi connectivity index (χ1v) is 6.77. The molecule has 104 valence electrons. The fourth-order valence-electron chi connectivity index (χ4n) is 1.88. The van der Waals surface area contributed by atoms with Crippen LogP contribution in [0.2, 0.25) is 0 Å². The molecule has 0 heterocycles. The molecular formula is C18H20O2. The Morgan fingerprint density at radius 2 is 1.60 bits per heavy atom. The number of esters is 1.